The highest BCUT2D eigenvalue weighted by Crippen LogP contribution is 2.34. The second-order valence-electron chi connectivity index (χ2n) is 5.55. The first-order valence-electron chi connectivity index (χ1n) is 7.69. The minimum absolute atomic E-state index is 0.0105. The number of amides is 1. The molecule has 0 aliphatic heterocycles. The Bertz CT molecular complexity index is 1020. The van der Waals surface area contributed by atoms with Gasteiger partial charge in [-0.2, -0.15) is 0 Å². The Morgan fingerprint density at radius 3 is 2.75 bits per heavy atom. The van der Waals surface area contributed by atoms with Crippen LogP contribution in [0.2, 0.25) is 0 Å². The van der Waals surface area contributed by atoms with E-state index in [1.807, 2.05) is 49.4 Å². The third-order valence-electron chi connectivity index (χ3n) is 3.75. The van der Waals surface area contributed by atoms with Crippen LogP contribution in [0.5, 0.6) is 0 Å². The third kappa shape index (κ3) is 3.02. The van der Waals surface area contributed by atoms with Crippen LogP contribution in [0.3, 0.4) is 0 Å². The smallest absolute Gasteiger partial charge is 0.226 e. The van der Waals surface area contributed by atoms with Crippen molar-refractivity contribution in [1.82, 2.24) is 9.97 Å². The van der Waals surface area contributed by atoms with Gasteiger partial charge in [0.2, 0.25) is 5.91 Å². The van der Waals surface area contributed by atoms with Crippen LogP contribution < -0.4 is 5.32 Å². The van der Waals surface area contributed by atoms with Crippen LogP contribution >= 0.6 is 22.7 Å². The van der Waals surface area contributed by atoms with Gasteiger partial charge in [-0.15, -0.1) is 11.3 Å². The summed E-state index contributed by atoms with van der Waals surface area (Å²) in [6.45, 7) is 2.00. The topological polar surface area (TPSA) is 54.9 Å². The molecule has 2 heterocycles. The lowest BCUT2D eigenvalue weighted by atomic mass is 10.1. The maximum Gasteiger partial charge on any atom is 0.226 e. The molecule has 2 aromatic heterocycles. The molecule has 0 bridgehead atoms. The van der Waals surface area contributed by atoms with E-state index >= 15 is 0 Å². The predicted molar refractivity (Wildman–Crippen MR) is 101 cm³/mol. The zero-order valence-electron chi connectivity index (χ0n) is 13.1. The Kier molecular flexibility index (Phi) is 4.00. The van der Waals surface area contributed by atoms with Gasteiger partial charge in [-0.1, -0.05) is 41.7 Å². The Morgan fingerprint density at radius 2 is 1.92 bits per heavy atom. The molecule has 4 aromatic rings. The number of carbonyl (C=O) groups is 1. The molecule has 120 valence electrons. The quantitative estimate of drug-likeness (QED) is 0.574. The normalized spacial score (nSPS) is 11.2. The number of aromatic nitrogens is 2. The van der Waals surface area contributed by atoms with E-state index in [0.717, 1.165) is 37.4 Å². The molecule has 0 aliphatic rings. The number of rotatable bonds is 4. The minimum atomic E-state index is -0.0105. The first kappa shape index (κ1) is 15.2. The zero-order valence-corrected chi connectivity index (χ0v) is 14.7. The van der Waals surface area contributed by atoms with Crippen LogP contribution in [-0.2, 0) is 11.2 Å². The lowest BCUT2D eigenvalue weighted by molar-refractivity contribution is -0.116. The van der Waals surface area contributed by atoms with Crippen molar-refractivity contribution in [3.05, 3.63) is 53.0 Å². The molecule has 1 N–H and O–H groups in total. The lowest BCUT2D eigenvalue weighted by Crippen LogP contribution is -2.11. The summed E-state index contributed by atoms with van der Waals surface area (Å²) in [5.74, 6) is -0.0105. The van der Waals surface area contributed by atoms with Gasteiger partial charge in [0.25, 0.3) is 0 Å². The maximum atomic E-state index is 12.2. The van der Waals surface area contributed by atoms with Gasteiger partial charge < -0.3 is 5.32 Å². The summed E-state index contributed by atoms with van der Waals surface area (Å²) in [5, 5.41) is 4.60. The van der Waals surface area contributed by atoms with Gasteiger partial charge in [0, 0.05) is 6.42 Å². The molecule has 24 heavy (non-hydrogen) atoms. The predicted octanol–water partition coefficient (Wildman–Crippen LogP) is 4.79. The highest BCUT2D eigenvalue weighted by Gasteiger charge is 2.12. The molecular weight excluding hydrogens is 338 g/mol. The molecule has 0 saturated heterocycles. The number of hydrogen-bond donors (Lipinski definition) is 1. The van der Waals surface area contributed by atoms with E-state index in [-0.39, 0.29) is 5.91 Å². The number of thiazole rings is 2. The monoisotopic (exact) mass is 353 g/mol. The molecule has 4 nitrogen and oxygen atoms in total. The van der Waals surface area contributed by atoms with E-state index in [1.54, 1.807) is 11.3 Å². The fourth-order valence-electron chi connectivity index (χ4n) is 2.63. The van der Waals surface area contributed by atoms with Crippen LogP contribution in [0.4, 0.5) is 5.13 Å². The molecule has 6 heteroatoms. The van der Waals surface area contributed by atoms with Crippen LogP contribution in [0, 0.1) is 6.92 Å². The molecule has 0 radical (unpaired) electrons. The highest BCUT2D eigenvalue weighted by atomic mass is 32.1. The van der Waals surface area contributed by atoms with E-state index in [4.69, 9.17) is 0 Å². The second kappa shape index (κ2) is 6.30. The largest absolute Gasteiger partial charge is 0.302 e. The Morgan fingerprint density at radius 1 is 1.08 bits per heavy atom. The number of nitrogens with one attached hydrogen (secondary N) is 1. The molecule has 0 spiro atoms. The van der Waals surface area contributed by atoms with Crippen LogP contribution in [0.1, 0.15) is 17.0 Å². The summed E-state index contributed by atoms with van der Waals surface area (Å²) in [4.78, 5) is 21.3. The van der Waals surface area contributed by atoms with Gasteiger partial charge in [-0.05, 0) is 31.0 Å². The molecule has 0 unspecified atom stereocenters. The zero-order chi connectivity index (χ0) is 16.5. The highest BCUT2D eigenvalue weighted by molar-refractivity contribution is 7.24. The van der Waals surface area contributed by atoms with E-state index < -0.39 is 0 Å². The van der Waals surface area contributed by atoms with Gasteiger partial charge in [0.1, 0.15) is 5.52 Å². The standard InChI is InChI=1S/C18H15N3OS2/c1-11-19-16-14(23-11)9-8-13-17(16)24-18(20-13)21-15(22)10-7-12-5-3-2-4-6-12/h2-6,8-9H,7,10H2,1H3,(H,20,21,22). The average molecular weight is 353 g/mol. The third-order valence-corrected chi connectivity index (χ3v) is 5.68. The molecule has 1 amide bonds. The van der Waals surface area contributed by atoms with Crippen molar-refractivity contribution in [2.24, 2.45) is 0 Å². The van der Waals surface area contributed by atoms with Crippen LogP contribution in [0.25, 0.3) is 20.4 Å². The number of aryl methyl sites for hydroxylation is 2. The van der Waals surface area contributed by atoms with E-state index in [9.17, 15) is 4.79 Å². The Labute approximate surface area is 147 Å². The molecule has 0 atom stereocenters. The fourth-order valence-corrected chi connectivity index (χ4v) is 4.50. The summed E-state index contributed by atoms with van der Waals surface area (Å²) in [6, 6.07) is 14.1. The van der Waals surface area contributed by atoms with E-state index in [0.29, 0.717) is 11.6 Å². The molecule has 0 fully saturated rings. The first-order chi connectivity index (χ1) is 11.7. The summed E-state index contributed by atoms with van der Waals surface area (Å²) >= 11 is 3.17. The van der Waals surface area contributed by atoms with Gasteiger partial charge in [0.15, 0.2) is 5.13 Å². The summed E-state index contributed by atoms with van der Waals surface area (Å²) in [7, 11) is 0. The maximum absolute atomic E-state index is 12.2. The van der Waals surface area contributed by atoms with Crippen LogP contribution in [-0.4, -0.2) is 15.9 Å². The fraction of sp³-hybridized carbons (Fsp3) is 0.167. The molecule has 2 aromatic carbocycles. The van der Waals surface area contributed by atoms with Crippen molar-refractivity contribution in [2.75, 3.05) is 5.32 Å². The van der Waals surface area contributed by atoms with E-state index in [1.165, 1.54) is 11.3 Å². The summed E-state index contributed by atoms with van der Waals surface area (Å²) < 4.78 is 2.20. The molecule has 4 rings (SSSR count). The van der Waals surface area contributed by atoms with Gasteiger partial charge in [-0.25, -0.2) is 9.97 Å². The van der Waals surface area contributed by atoms with Crippen molar-refractivity contribution in [3.8, 4) is 0 Å². The lowest BCUT2D eigenvalue weighted by Gasteiger charge is -2.01. The second-order valence-corrected chi connectivity index (χ2v) is 7.78. The average Bonchev–Trinajstić information content (AvgIpc) is 3.15. The van der Waals surface area contributed by atoms with Gasteiger partial charge in [0.05, 0.1) is 19.9 Å². The SMILES string of the molecule is Cc1nc2c(ccc3nc(NC(=O)CCc4ccccc4)sc32)s1. The van der Waals surface area contributed by atoms with Crippen molar-refractivity contribution < 1.29 is 4.79 Å². The number of hydrogen-bond acceptors (Lipinski definition) is 5. The number of carbonyl (C=O) groups excluding carboxylic acids is 1. The number of nitrogens with zero attached hydrogens (tertiary/aromatic N) is 2. The van der Waals surface area contributed by atoms with Crippen molar-refractivity contribution in [1.29, 1.82) is 0 Å². The van der Waals surface area contributed by atoms with Crippen molar-refractivity contribution in [2.45, 2.75) is 19.8 Å². The first-order valence-corrected chi connectivity index (χ1v) is 9.33. The number of fused-ring (bicyclic) bond motifs is 3. The molecular formula is C18H15N3OS2. The minimum Gasteiger partial charge on any atom is -0.302 e. The Balaban J connectivity index is 1.52. The molecule has 0 saturated carbocycles. The van der Waals surface area contributed by atoms with Gasteiger partial charge in [-0.3, -0.25) is 4.79 Å². The van der Waals surface area contributed by atoms with Crippen LogP contribution in [0.15, 0.2) is 42.5 Å². The number of anilines is 1. The van der Waals surface area contributed by atoms with Gasteiger partial charge >= 0.3 is 0 Å². The molecule has 0 aliphatic carbocycles. The van der Waals surface area contributed by atoms with E-state index in [2.05, 4.69) is 15.3 Å². The Hall–Kier alpha value is -2.31. The summed E-state index contributed by atoms with van der Waals surface area (Å²) in [5.41, 5.74) is 3.03. The van der Waals surface area contributed by atoms with Crippen molar-refractivity contribution >= 4 is 54.1 Å². The van der Waals surface area contributed by atoms with Crippen molar-refractivity contribution in [3.63, 3.8) is 0 Å². The summed E-state index contributed by atoms with van der Waals surface area (Å²) in [6.07, 6.45) is 1.18. The number of benzene rings is 2.